The molecule has 1 aromatic rings. The highest BCUT2D eigenvalue weighted by atomic mass is 32.2. The van der Waals surface area contributed by atoms with Gasteiger partial charge >= 0.3 is 0 Å². The molecule has 134 valence electrons. The number of likely N-dealkylation sites (tertiary alicyclic amines) is 1. The second-order valence-electron chi connectivity index (χ2n) is 6.15. The summed E-state index contributed by atoms with van der Waals surface area (Å²) in [6, 6.07) is 7.73. The fourth-order valence-corrected chi connectivity index (χ4v) is 3.01. The van der Waals surface area contributed by atoms with E-state index in [1.165, 1.54) is 0 Å². The van der Waals surface area contributed by atoms with Crippen LogP contribution in [-0.4, -0.2) is 64.4 Å². The molecule has 0 saturated carbocycles. The Kier molecular flexibility index (Phi) is 5.84. The van der Waals surface area contributed by atoms with Crippen LogP contribution in [-0.2, 0) is 19.6 Å². The van der Waals surface area contributed by atoms with E-state index in [4.69, 9.17) is 9.47 Å². The maximum Gasteiger partial charge on any atom is 0.237 e. The van der Waals surface area contributed by atoms with Gasteiger partial charge in [-0.25, -0.2) is 13.1 Å². The molecule has 0 radical (unpaired) electrons. The molecule has 1 aliphatic rings. The molecule has 0 unspecified atom stereocenters. The van der Waals surface area contributed by atoms with Crippen LogP contribution in [0.3, 0.4) is 0 Å². The molecule has 0 bridgehead atoms. The van der Waals surface area contributed by atoms with Crippen LogP contribution < -0.4 is 9.46 Å². The van der Waals surface area contributed by atoms with E-state index < -0.39 is 15.6 Å². The number of hydrogen-bond acceptors (Lipinski definition) is 5. The minimum atomic E-state index is -3.39. The zero-order chi connectivity index (χ0) is 17.8. The van der Waals surface area contributed by atoms with E-state index in [-0.39, 0.29) is 12.5 Å². The summed E-state index contributed by atoms with van der Waals surface area (Å²) in [5.74, 6) is 0.491. The molecule has 1 aliphatic heterocycles. The van der Waals surface area contributed by atoms with Gasteiger partial charge in [-0.2, -0.15) is 0 Å². The molecule has 2 rings (SSSR count). The molecule has 1 N–H and O–H groups in total. The number of nitrogens with one attached hydrogen (secondary N) is 1. The van der Waals surface area contributed by atoms with Crippen molar-refractivity contribution in [3.05, 3.63) is 29.8 Å². The number of aryl methyl sites for hydroxylation is 1. The largest absolute Gasteiger partial charge is 0.491 e. The summed E-state index contributed by atoms with van der Waals surface area (Å²) < 4.78 is 35.9. The van der Waals surface area contributed by atoms with Crippen molar-refractivity contribution >= 4 is 15.9 Å². The van der Waals surface area contributed by atoms with Gasteiger partial charge in [0.1, 0.15) is 18.0 Å². The van der Waals surface area contributed by atoms with E-state index in [1.807, 2.05) is 31.2 Å². The summed E-state index contributed by atoms with van der Waals surface area (Å²) in [7, 11) is -1.79. The summed E-state index contributed by atoms with van der Waals surface area (Å²) in [5.41, 5.74) is 0.527. The van der Waals surface area contributed by atoms with Crippen LogP contribution in [0.1, 0.15) is 12.0 Å². The maximum atomic E-state index is 12.1. The Labute approximate surface area is 143 Å². The van der Waals surface area contributed by atoms with E-state index in [1.54, 1.807) is 12.0 Å². The molecule has 0 spiro atoms. The Balaban J connectivity index is 1.93. The number of sulfonamides is 1. The van der Waals surface area contributed by atoms with E-state index >= 15 is 0 Å². The number of nitrogens with zero attached hydrogens (tertiary/aromatic N) is 1. The van der Waals surface area contributed by atoms with Crippen LogP contribution in [0.25, 0.3) is 0 Å². The standard InChI is InChI=1S/C16H24N2O5S/c1-13-5-4-6-14(9-13)23-12-16(22-2)7-8-18(11-16)15(19)10-17-24(3,20)21/h4-6,9,17H,7-8,10-12H2,1-3H3/t16-/m1/s1. The highest BCUT2D eigenvalue weighted by Crippen LogP contribution is 2.26. The first kappa shape index (κ1) is 18.7. The van der Waals surface area contributed by atoms with Crippen molar-refractivity contribution in [2.24, 2.45) is 0 Å². The normalized spacial score (nSPS) is 21.0. The fourth-order valence-electron chi connectivity index (χ4n) is 2.63. The minimum absolute atomic E-state index is 0.239. The highest BCUT2D eigenvalue weighted by molar-refractivity contribution is 7.88. The van der Waals surface area contributed by atoms with Gasteiger partial charge in [0.25, 0.3) is 0 Å². The van der Waals surface area contributed by atoms with E-state index in [9.17, 15) is 13.2 Å². The Morgan fingerprint density at radius 1 is 1.42 bits per heavy atom. The Morgan fingerprint density at radius 3 is 2.79 bits per heavy atom. The second-order valence-corrected chi connectivity index (χ2v) is 7.98. The highest BCUT2D eigenvalue weighted by Gasteiger charge is 2.41. The van der Waals surface area contributed by atoms with Gasteiger partial charge in [0, 0.05) is 13.7 Å². The topological polar surface area (TPSA) is 84.9 Å². The molecule has 1 atom stereocenters. The smallest absolute Gasteiger partial charge is 0.237 e. The third-order valence-electron chi connectivity index (χ3n) is 4.08. The number of hydrogen-bond donors (Lipinski definition) is 1. The van der Waals surface area contributed by atoms with Crippen LogP contribution in [0.4, 0.5) is 0 Å². The van der Waals surface area contributed by atoms with Crippen molar-refractivity contribution in [3.8, 4) is 5.75 Å². The summed E-state index contributed by atoms with van der Waals surface area (Å²) in [6.45, 7) is 2.96. The molecule has 0 aliphatic carbocycles. The SMILES string of the molecule is CO[C@]1(COc2cccc(C)c2)CCN(C(=O)CNS(C)(=O)=O)C1. The van der Waals surface area contributed by atoms with Crippen molar-refractivity contribution in [3.63, 3.8) is 0 Å². The van der Waals surface area contributed by atoms with Crippen molar-refractivity contribution in [2.75, 3.05) is 39.6 Å². The van der Waals surface area contributed by atoms with Crippen LogP contribution in [0.5, 0.6) is 5.75 Å². The van der Waals surface area contributed by atoms with Crippen LogP contribution in [0.2, 0.25) is 0 Å². The van der Waals surface area contributed by atoms with Gasteiger partial charge in [-0.05, 0) is 31.0 Å². The molecule has 1 aromatic carbocycles. The first-order chi connectivity index (χ1) is 11.2. The predicted octanol–water partition coefficient (Wildman–Crippen LogP) is 0.541. The van der Waals surface area contributed by atoms with E-state index in [2.05, 4.69) is 4.72 Å². The number of benzene rings is 1. The fraction of sp³-hybridized carbons (Fsp3) is 0.562. The summed E-state index contributed by atoms with van der Waals surface area (Å²) >= 11 is 0. The number of ether oxygens (including phenoxy) is 2. The molecule has 24 heavy (non-hydrogen) atoms. The van der Waals surface area contributed by atoms with Gasteiger partial charge in [-0.3, -0.25) is 4.79 Å². The van der Waals surface area contributed by atoms with Crippen molar-refractivity contribution < 1.29 is 22.7 Å². The Hall–Kier alpha value is -1.64. The lowest BCUT2D eigenvalue weighted by atomic mass is 10.0. The maximum absolute atomic E-state index is 12.1. The molecule has 7 nitrogen and oxygen atoms in total. The molecule has 1 amide bonds. The zero-order valence-electron chi connectivity index (χ0n) is 14.2. The minimum Gasteiger partial charge on any atom is -0.491 e. The summed E-state index contributed by atoms with van der Waals surface area (Å²) in [5, 5.41) is 0. The van der Waals surface area contributed by atoms with Gasteiger partial charge in [0.05, 0.1) is 19.3 Å². The number of methoxy groups -OCH3 is 1. The monoisotopic (exact) mass is 356 g/mol. The lowest BCUT2D eigenvalue weighted by Gasteiger charge is -2.28. The van der Waals surface area contributed by atoms with Crippen molar-refractivity contribution in [1.29, 1.82) is 0 Å². The molecule has 1 saturated heterocycles. The summed E-state index contributed by atoms with van der Waals surface area (Å²) in [6.07, 6.45) is 1.67. The number of amides is 1. The molecule has 1 fully saturated rings. The second kappa shape index (κ2) is 7.50. The Morgan fingerprint density at radius 2 is 2.17 bits per heavy atom. The zero-order valence-corrected chi connectivity index (χ0v) is 15.1. The number of rotatable bonds is 7. The van der Waals surface area contributed by atoms with Gasteiger partial charge < -0.3 is 14.4 Å². The molecule has 8 heteroatoms. The van der Waals surface area contributed by atoms with Crippen LogP contribution in [0, 0.1) is 6.92 Å². The molecular formula is C16H24N2O5S. The Bertz CT molecular complexity index is 691. The average molecular weight is 356 g/mol. The quantitative estimate of drug-likeness (QED) is 0.771. The molecular weight excluding hydrogens is 332 g/mol. The first-order valence-electron chi connectivity index (χ1n) is 7.70. The molecule has 1 heterocycles. The third kappa shape index (κ3) is 5.19. The van der Waals surface area contributed by atoms with Gasteiger partial charge in [0.2, 0.25) is 15.9 Å². The van der Waals surface area contributed by atoms with E-state index in [0.717, 1.165) is 17.6 Å². The number of carbonyl (C=O) groups excluding carboxylic acids is 1. The number of carbonyl (C=O) groups is 1. The molecule has 0 aromatic heterocycles. The predicted molar refractivity (Wildman–Crippen MR) is 90.5 cm³/mol. The third-order valence-corrected chi connectivity index (χ3v) is 4.75. The average Bonchev–Trinajstić information content (AvgIpc) is 2.95. The lowest BCUT2D eigenvalue weighted by molar-refractivity contribution is -0.130. The lowest BCUT2D eigenvalue weighted by Crippen LogP contribution is -2.44. The van der Waals surface area contributed by atoms with Crippen molar-refractivity contribution in [1.82, 2.24) is 9.62 Å². The van der Waals surface area contributed by atoms with Gasteiger partial charge in [-0.1, -0.05) is 12.1 Å². The van der Waals surface area contributed by atoms with Gasteiger partial charge in [-0.15, -0.1) is 0 Å². The van der Waals surface area contributed by atoms with E-state index in [0.29, 0.717) is 26.1 Å². The first-order valence-corrected chi connectivity index (χ1v) is 9.59. The van der Waals surface area contributed by atoms with Crippen LogP contribution in [0.15, 0.2) is 24.3 Å². The van der Waals surface area contributed by atoms with Crippen molar-refractivity contribution in [2.45, 2.75) is 18.9 Å². The summed E-state index contributed by atoms with van der Waals surface area (Å²) in [4.78, 5) is 13.7. The van der Waals surface area contributed by atoms with Crippen LogP contribution >= 0.6 is 0 Å². The van der Waals surface area contributed by atoms with Gasteiger partial charge in [0.15, 0.2) is 0 Å².